The van der Waals surface area contributed by atoms with E-state index in [1.165, 1.54) is 0 Å². The Bertz CT molecular complexity index is 112. The largest absolute Gasteiger partial charge is 0.339 e. The van der Waals surface area contributed by atoms with Crippen molar-refractivity contribution in [2.24, 2.45) is 0 Å². The van der Waals surface area contributed by atoms with Crippen LogP contribution in [0.4, 0.5) is 0 Å². The lowest BCUT2D eigenvalue weighted by molar-refractivity contribution is 0.391. The molecule has 0 bridgehead atoms. The fourth-order valence-electron chi connectivity index (χ4n) is 0.198. The molecule has 1 rings (SSSR count). The van der Waals surface area contributed by atoms with Crippen molar-refractivity contribution in [2.45, 2.75) is 6.92 Å². The smallest absolute Gasteiger partial charge is 0.243 e. The van der Waals surface area contributed by atoms with E-state index >= 15 is 0 Å². The third-order valence-electron chi connectivity index (χ3n) is 0.426. The van der Waals surface area contributed by atoms with E-state index in [-0.39, 0.29) is 0 Å². The van der Waals surface area contributed by atoms with Crippen LogP contribution in [0.25, 0.3) is 0 Å². The summed E-state index contributed by atoms with van der Waals surface area (Å²) in [5, 5.41) is 3.21. The molecule has 0 amide bonds. The van der Waals surface area contributed by atoms with Gasteiger partial charge < -0.3 is 4.52 Å². The molecular weight excluding hydrogens is 80.0 g/mol. The van der Waals surface area contributed by atoms with E-state index in [0.717, 1.165) is 0 Å². The molecule has 0 spiro atoms. The quantitative estimate of drug-likeness (QED) is 0.449. The van der Waals surface area contributed by atoms with Gasteiger partial charge in [0, 0.05) is 6.92 Å². The van der Waals surface area contributed by atoms with E-state index in [4.69, 9.17) is 0 Å². The number of nitrogens with zero attached hydrogens (tertiary/aromatic N) is 2. The van der Waals surface area contributed by atoms with E-state index in [9.17, 15) is 0 Å². The summed E-state index contributed by atoms with van der Waals surface area (Å²) in [5.74, 6) is 0.551. The first-order valence-electron chi connectivity index (χ1n) is 1.56. The Hall–Kier alpha value is -0.860. The maximum absolute atomic E-state index is 4.42. The Kier molecular flexibility index (Phi) is 0.602. The zero-order valence-electron chi connectivity index (χ0n) is 3.30. The lowest BCUT2D eigenvalue weighted by Crippen LogP contribution is -1.60. The third-order valence-corrected chi connectivity index (χ3v) is 0.426. The molecule has 6 heavy (non-hydrogen) atoms. The third kappa shape index (κ3) is 0.381. The second-order valence-electron chi connectivity index (χ2n) is 0.913. The molecule has 0 aliphatic rings. The summed E-state index contributed by atoms with van der Waals surface area (Å²) in [7, 11) is 0. The molecule has 3 heteroatoms. The van der Waals surface area contributed by atoms with Gasteiger partial charge in [-0.25, -0.2) is 0 Å². The number of aromatic nitrogens is 2. The maximum atomic E-state index is 4.42. The Morgan fingerprint density at radius 3 is 2.83 bits per heavy atom. The highest BCUT2D eigenvalue weighted by Crippen LogP contribution is 1.80. The van der Waals surface area contributed by atoms with Crippen LogP contribution < -0.4 is 0 Å². The lowest BCUT2D eigenvalue weighted by atomic mass is 10.8. The molecule has 0 N–H and O–H groups in total. The molecule has 0 fully saturated rings. The molecule has 1 aromatic heterocycles. The molecule has 3 nitrogen and oxygen atoms in total. The van der Waals surface area contributed by atoms with Crippen molar-refractivity contribution < 1.29 is 4.52 Å². The maximum Gasteiger partial charge on any atom is 0.243 e. The van der Waals surface area contributed by atoms with Gasteiger partial charge in [-0.15, -0.1) is 0 Å². The number of rotatable bonds is 0. The van der Waals surface area contributed by atoms with E-state index in [2.05, 4.69) is 21.0 Å². The molecule has 1 radical (unpaired) electrons. The van der Waals surface area contributed by atoms with Crippen molar-refractivity contribution in [3.05, 3.63) is 12.2 Å². The molecule has 31 valence electrons. The van der Waals surface area contributed by atoms with Crippen LogP contribution in [0.15, 0.2) is 4.52 Å². The summed E-state index contributed by atoms with van der Waals surface area (Å²) in [5.41, 5.74) is 0. The van der Waals surface area contributed by atoms with Crippen LogP contribution >= 0.6 is 0 Å². The zero-order valence-corrected chi connectivity index (χ0v) is 3.30. The van der Waals surface area contributed by atoms with Crippen LogP contribution in [0.2, 0.25) is 0 Å². The molecule has 0 aromatic carbocycles. The summed E-state index contributed by atoms with van der Waals surface area (Å²) in [6.07, 6.45) is 2.26. The molecular formula is C3H3N2O. The minimum atomic E-state index is 0.551. The van der Waals surface area contributed by atoms with E-state index in [1.54, 1.807) is 6.92 Å². The number of hydrogen-bond acceptors (Lipinski definition) is 3. The monoisotopic (exact) mass is 83.0 g/mol. The van der Waals surface area contributed by atoms with Gasteiger partial charge >= 0.3 is 0 Å². The molecule has 0 saturated carbocycles. The van der Waals surface area contributed by atoms with Gasteiger partial charge in [-0.1, -0.05) is 5.16 Å². The first-order chi connectivity index (χ1) is 2.89. The van der Waals surface area contributed by atoms with Crippen molar-refractivity contribution in [1.82, 2.24) is 10.1 Å². The zero-order chi connectivity index (χ0) is 4.41. The first-order valence-corrected chi connectivity index (χ1v) is 1.56. The fourth-order valence-corrected chi connectivity index (χ4v) is 0.198. The van der Waals surface area contributed by atoms with Gasteiger partial charge in [0.25, 0.3) is 0 Å². The van der Waals surface area contributed by atoms with Crippen LogP contribution in [0.1, 0.15) is 5.89 Å². The van der Waals surface area contributed by atoms with Gasteiger partial charge in [0.15, 0.2) is 0 Å². The standard InChI is InChI=1S/C3H3N2O/c1-3-4-2-5-6-3/h1H3. The predicted molar refractivity (Wildman–Crippen MR) is 17.9 cm³/mol. The second kappa shape index (κ2) is 1.08. The minimum Gasteiger partial charge on any atom is -0.339 e. The van der Waals surface area contributed by atoms with E-state index in [0.29, 0.717) is 5.89 Å². The number of hydrogen-bond donors (Lipinski definition) is 0. The second-order valence-corrected chi connectivity index (χ2v) is 0.913. The molecule has 1 heterocycles. The molecule has 0 saturated heterocycles. The van der Waals surface area contributed by atoms with Gasteiger partial charge in [0.05, 0.1) is 0 Å². The molecule has 0 atom stereocenters. The first kappa shape index (κ1) is 3.33. The van der Waals surface area contributed by atoms with Crippen LogP contribution in [-0.2, 0) is 0 Å². The summed E-state index contributed by atoms with van der Waals surface area (Å²) in [6.45, 7) is 1.71. The Morgan fingerprint density at radius 1 is 1.83 bits per heavy atom. The Morgan fingerprint density at radius 2 is 2.67 bits per heavy atom. The van der Waals surface area contributed by atoms with Crippen LogP contribution in [0.5, 0.6) is 0 Å². The Labute approximate surface area is 35.0 Å². The normalized spacial score (nSPS) is 8.83. The van der Waals surface area contributed by atoms with Crippen LogP contribution in [0, 0.1) is 13.3 Å². The highest BCUT2D eigenvalue weighted by atomic mass is 16.5. The van der Waals surface area contributed by atoms with Gasteiger partial charge in [-0.05, 0) is 0 Å². The van der Waals surface area contributed by atoms with Crippen molar-refractivity contribution >= 4 is 0 Å². The van der Waals surface area contributed by atoms with Crippen molar-refractivity contribution in [3.63, 3.8) is 0 Å². The summed E-state index contributed by atoms with van der Waals surface area (Å²) in [4.78, 5) is 3.51. The van der Waals surface area contributed by atoms with Gasteiger partial charge in [-0.2, -0.15) is 4.98 Å². The predicted octanol–water partition coefficient (Wildman–Crippen LogP) is 0.178. The molecule has 0 aliphatic carbocycles. The van der Waals surface area contributed by atoms with E-state index in [1.807, 2.05) is 0 Å². The van der Waals surface area contributed by atoms with Crippen LogP contribution in [0.3, 0.4) is 0 Å². The average molecular weight is 83.1 g/mol. The Balaban J connectivity index is 3.05. The molecule has 1 aromatic rings. The fraction of sp³-hybridized carbons (Fsp3) is 0.333. The van der Waals surface area contributed by atoms with Crippen LogP contribution in [-0.4, -0.2) is 10.1 Å². The molecule has 0 unspecified atom stereocenters. The average Bonchev–Trinajstić information content (AvgIpc) is 1.86. The van der Waals surface area contributed by atoms with Gasteiger partial charge in [0.1, 0.15) is 0 Å². The SMILES string of the molecule is Cc1n[c]no1. The molecule has 0 aliphatic heterocycles. The van der Waals surface area contributed by atoms with Crippen molar-refractivity contribution in [2.75, 3.05) is 0 Å². The highest BCUT2D eigenvalue weighted by molar-refractivity contribution is 4.61. The highest BCUT2D eigenvalue weighted by Gasteiger charge is 1.81. The minimum absolute atomic E-state index is 0.551. The lowest BCUT2D eigenvalue weighted by Gasteiger charge is -1.63. The summed E-state index contributed by atoms with van der Waals surface area (Å²) < 4.78 is 4.42. The van der Waals surface area contributed by atoms with E-state index < -0.39 is 0 Å². The van der Waals surface area contributed by atoms with Gasteiger partial charge in [-0.3, -0.25) is 0 Å². The number of aryl methyl sites for hydroxylation is 1. The van der Waals surface area contributed by atoms with Crippen molar-refractivity contribution in [1.29, 1.82) is 0 Å². The van der Waals surface area contributed by atoms with Gasteiger partial charge in [0.2, 0.25) is 12.2 Å². The van der Waals surface area contributed by atoms with Crippen molar-refractivity contribution in [3.8, 4) is 0 Å². The summed E-state index contributed by atoms with van der Waals surface area (Å²) in [6, 6.07) is 0. The topological polar surface area (TPSA) is 38.9 Å². The summed E-state index contributed by atoms with van der Waals surface area (Å²) >= 11 is 0.